The number of nitrogen functional groups attached to an aromatic ring is 2. The summed E-state index contributed by atoms with van der Waals surface area (Å²) >= 11 is 0. The van der Waals surface area contributed by atoms with Gasteiger partial charge >= 0.3 is 11.4 Å². The summed E-state index contributed by atoms with van der Waals surface area (Å²) in [5.41, 5.74) is 9.00. The average molecular weight is 408 g/mol. The Morgan fingerprint density at radius 2 is 1.24 bits per heavy atom. The van der Waals surface area contributed by atoms with Crippen LogP contribution in [0.2, 0.25) is 0 Å². The molecule has 2 heterocycles. The van der Waals surface area contributed by atoms with E-state index < -0.39 is 28.4 Å². The van der Waals surface area contributed by atoms with Gasteiger partial charge in [-0.1, -0.05) is 0 Å². The minimum atomic E-state index is -0.710. The Kier molecular flexibility index (Phi) is 6.00. The number of anilines is 4. The van der Waals surface area contributed by atoms with Crippen LogP contribution in [0.5, 0.6) is 0 Å². The van der Waals surface area contributed by atoms with Gasteiger partial charge in [-0.25, -0.2) is 9.59 Å². The van der Waals surface area contributed by atoms with Crippen LogP contribution >= 0.6 is 0 Å². The monoisotopic (exact) mass is 408 g/mol. The lowest BCUT2D eigenvalue weighted by molar-refractivity contribution is -0.116. The summed E-state index contributed by atoms with van der Waals surface area (Å²) < 4.78 is 3.95. The lowest BCUT2D eigenvalue weighted by Crippen LogP contribution is -2.40. The molecule has 2 aromatic heterocycles. The third-order valence-corrected chi connectivity index (χ3v) is 4.57. The molecule has 13 heteroatoms. The molecule has 0 aromatic carbocycles. The number of hydrogen-bond acceptors (Lipinski definition) is 8. The zero-order valence-corrected chi connectivity index (χ0v) is 16.6. The third kappa shape index (κ3) is 3.93. The Morgan fingerprint density at radius 1 is 0.793 bits per heavy atom. The molecule has 0 fully saturated rings. The number of nitrogens with one attached hydrogen (secondary N) is 2. The van der Waals surface area contributed by atoms with Crippen LogP contribution in [-0.2, 0) is 33.0 Å². The van der Waals surface area contributed by atoms with Crippen molar-refractivity contribution in [1.82, 2.24) is 18.3 Å². The van der Waals surface area contributed by atoms with Crippen molar-refractivity contribution in [3.05, 3.63) is 41.7 Å². The van der Waals surface area contributed by atoms with E-state index in [0.717, 1.165) is 18.3 Å². The second-order valence-corrected chi connectivity index (χ2v) is 6.51. The van der Waals surface area contributed by atoms with E-state index in [1.807, 2.05) is 0 Å². The molecule has 158 valence electrons. The van der Waals surface area contributed by atoms with Gasteiger partial charge in [0.1, 0.15) is 23.0 Å². The minimum absolute atomic E-state index is 0.00438. The second kappa shape index (κ2) is 8.08. The van der Waals surface area contributed by atoms with Gasteiger partial charge in [0.2, 0.25) is 5.91 Å². The van der Waals surface area contributed by atoms with Gasteiger partial charge in [-0.2, -0.15) is 0 Å². The number of hydrogen-bond donors (Lipinski definition) is 4. The standard InChI is InChI=1S/C16H24N8O5/c1-21-11(17)9(13(26)23(3)15(21)28)19-7-5-6-8(25)20-10-12(18)22(2)16(29)24(4)14(10)27/h19H,5-7,17-18H2,1-4H3,(H,20,25). The summed E-state index contributed by atoms with van der Waals surface area (Å²) in [5, 5.41) is 5.24. The largest absolute Gasteiger partial charge is 0.383 e. The maximum atomic E-state index is 12.2. The molecule has 0 aliphatic rings. The van der Waals surface area contributed by atoms with Crippen molar-refractivity contribution in [3.63, 3.8) is 0 Å². The van der Waals surface area contributed by atoms with Gasteiger partial charge in [0.05, 0.1) is 0 Å². The van der Waals surface area contributed by atoms with Crippen molar-refractivity contribution >= 4 is 28.9 Å². The van der Waals surface area contributed by atoms with Crippen molar-refractivity contribution in [2.45, 2.75) is 12.8 Å². The van der Waals surface area contributed by atoms with E-state index >= 15 is 0 Å². The van der Waals surface area contributed by atoms with E-state index in [0.29, 0.717) is 6.42 Å². The number of carbonyl (C=O) groups is 1. The maximum absolute atomic E-state index is 12.2. The fraction of sp³-hybridized carbons (Fsp3) is 0.438. The highest BCUT2D eigenvalue weighted by Crippen LogP contribution is 2.11. The van der Waals surface area contributed by atoms with Crippen LogP contribution in [0.1, 0.15) is 12.8 Å². The highest BCUT2D eigenvalue weighted by Gasteiger charge is 2.16. The van der Waals surface area contributed by atoms with Gasteiger partial charge in [0.15, 0.2) is 0 Å². The number of nitrogens with two attached hydrogens (primary N) is 2. The summed E-state index contributed by atoms with van der Waals surface area (Å²) in [6.07, 6.45) is 0.299. The number of amides is 1. The van der Waals surface area contributed by atoms with Crippen LogP contribution in [0.3, 0.4) is 0 Å². The molecule has 2 rings (SSSR count). The maximum Gasteiger partial charge on any atom is 0.332 e. The zero-order valence-electron chi connectivity index (χ0n) is 16.6. The van der Waals surface area contributed by atoms with Crippen LogP contribution in [-0.4, -0.2) is 30.7 Å². The van der Waals surface area contributed by atoms with Gasteiger partial charge in [-0.15, -0.1) is 0 Å². The number of aromatic nitrogens is 4. The van der Waals surface area contributed by atoms with Gasteiger partial charge in [-0.05, 0) is 6.42 Å². The molecule has 0 aliphatic heterocycles. The lowest BCUT2D eigenvalue weighted by Gasteiger charge is -2.14. The van der Waals surface area contributed by atoms with Gasteiger partial charge < -0.3 is 22.1 Å². The van der Waals surface area contributed by atoms with Crippen LogP contribution in [0.15, 0.2) is 19.2 Å². The fourth-order valence-corrected chi connectivity index (χ4v) is 2.67. The molecule has 0 saturated heterocycles. The summed E-state index contributed by atoms with van der Waals surface area (Å²) in [4.78, 5) is 60.0. The van der Waals surface area contributed by atoms with Crippen LogP contribution < -0.4 is 44.6 Å². The Balaban J connectivity index is 2.05. The quantitative estimate of drug-likeness (QED) is 0.378. The van der Waals surface area contributed by atoms with Crippen molar-refractivity contribution in [3.8, 4) is 0 Å². The number of nitrogens with zero attached hydrogens (tertiary/aromatic N) is 4. The van der Waals surface area contributed by atoms with Crippen LogP contribution in [0, 0.1) is 0 Å². The van der Waals surface area contributed by atoms with E-state index in [1.54, 1.807) is 0 Å². The van der Waals surface area contributed by atoms with Gasteiger partial charge in [0, 0.05) is 41.2 Å². The molecule has 0 aliphatic carbocycles. The topological polar surface area (TPSA) is 181 Å². The lowest BCUT2D eigenvalue weighted by atomic mass is 10.2. The Morgan fingerprint density at radius 3 is 1.76 bits per heavy atom. The summed E-state index contributed by atoms with van der Waals surface area (Å²) in [6, 6.07) is 0. The molecule has 0 saturated carbocycles. The molecule has 13 nitrogen and oxygen atoms in total. The smallest absolute Gasteiger partial charge is 0.332 e. The Hall–Kier alpha value is -3.77. The van der Waals surface area contributed by atoms with E-state index in [-0.39, 0.29) is 36.0 Å². The Bertz CT molecular complexity index is 1200. The molecule has 0 bridgehead atoms. The first-order valence-corrected chi connectivity index (χ1v) is 8.63. The predicted octanol–water partition coefficient (Wildman–Crippen LogP) is -2.52. The van der Waals surface area contributed by atoms with E-state index in [9.17, 15) is 24.0 Å². The van der Waals surface area contributed by atoms with Crippen LogP contribution in [0.25, 0.3) is 0 Å². The van der Waals surface area contributed by atoms with Gasteiger partial charge in [0.25, 0.3) is 11.1 Å². The van der Waals surface area contributed by atoms with Gasteiger partial charge in [-0.3, -0.25) is 32.7 Å². The average Bonchev–Trinajstić information content (AvgIpc) is 2.70. The summed E-state index contributed by atoms with van der Waals surface area (Å²) in [7, 11) is 5.44. The minimum Gasteiger partial charge on any atom is -0.383 e. The molecule has 0 atom stereocenters. The highest BCUT2D eigenvalue weighted by molar-refractivity contribution is 5.92. The van der Waals surface area contributed by atoms with Crippen molar-refractivity contribution < 1.29 is 4.79 Å². The first-order valence-electron chi connectivity index (χ1n) is 8.63. The first kappa shape index (κ1) is 21.5. The van der Waals surface area contributed by atoms with E-state index in [1.165, 1.54) is 28.2 Å². The fourth-order valence-electron chi connectivity index (χ4n) is 2.67. The number of carbonyl (C=O) groups excluding carboxylic acids is 1. The Labute approximate surface area is 164 Å². The molecular formula is C16H24N8O5. The SMILES string of the molecule is Cn1c(N)c(NCCCC(=O)Nc2c(N)n(C)c(=O)n(C)c2=O)c(=O)n(C)c1=O. The molecule has 0 unspecified atom stereocenters. The van der Waals surface area contributed by atoms with E-state index in [2.05, 4.69) is 10.6 Å². The van der Waals surface area contributed by atoms with Crippen molar-refractivity contribution in [2.24, 2.45) is 28.2 Å². The molecular weight excluding hydrogens is 384 g/mol. The first-order chi connectivity index (χ1) is 13.5. The molecule has 29 heavy (non-hydrogen) atoms. The molecule has 0 radical (unpaired) electrons. The molecule has 6 N–H and O–H groups in total. The highest BCUT2D eigenvalue weighted by atomic mass is 16.2. The summed E-state index contributed by atoms with van der Waals surface area (Å²) in [5.74, 6) is -0.648. The molecule has 0 spiro atoms. The molecule has 1 amide bonds. The van der Waals surface area contributed by atoms with Crippen molar-refractivity contribution in [1.29, 1.82) is 0 Å². The van der Waals surface area contributed by atoms with E-state index in [4.69, 9.17) is 11.5 Å². The zero-order chi connectivity index (χ0) is 22.0. The second-order valence-electron chi connectivity index (χ2n) is 6.51. The molecule has 2 aromatic rings. The predicted molar refractivity (Wildman–Crippen MR) is 109 cm³/mol. The third-order valence-electron chi connectivity index (χ3n) is 4.57. The number of rotatable bonds is 6. The van der Waals surface area contributed by atoms with Crippen LogP contribution in [0.4, 0.5) is 23.0 Å². The normalized spacial score (nSPS) is 10.8. The summed E-state index contributed by atoms with van der Waals surface area (Å²) in [6.45, 7) is 0.214. The van der Waals surface area contributed by atoms with Crippen molar-refractivity contribution in [2.75, 3.05) is 28.6 Å².